The smallest absolute Gasteiger partial charge is 0.243 e. The van der Waals surface area contributed by atoms with E-state index in [0.29, 0.717) is 24.0 Å². The molecule has 2 aromatic rings. The van der Waals surface area contributed by atoms with Crippen LogP contribution in [-0.4, -0.2) is 72.8 Å². The molecule has 4 rings (SSSR count). The van der Waals surface area contributed by atoms with E-state index in [-0.39, 0.29) is 24.8 Å². The van der Waals surface area contributed by atoms with Crippen molar-refractivity contribution in [1.29, 1.82) is 0 Å². The summed E-state index contributed by atoms with van der Waals surface area (Å²) in [6.45, 7) is 11.1. The molecule has 3 heterocycles. The molecule has 2 fully saturated rings. The Morgan fingerprint density at radius 1 is 0.848 bits per heavy atom. The van der Waals surface area contributed by atoms with Crippen molar-refractivity contribution in [2.24, 2.45) is 0 Å². The summed E-state index contributed by atoms with van der Waals surface area (Å²) < 4.78 is 27.3. The first-order chi connectivity index (χ1) is 14.9. The van der Waals surface area contributed by atoms with Crippen molar-refractivity contribution in [3.05, 3.63) is 48.2 Å². The third-order valence-corrected chi connectivity index (χ3v) is 8.38. The van der Waals surface area contributed by atoms with Crippen molar-refractivity contribution in [2.45, 2.75) is 50.6 Å². The Hall–Kier alpha value is -1.22. The summed E-state index contributed by atoms with van der Waals surface area (Å²) in [7, 11) is -3.39. The van der Waals surface area contributed by atoms with Crippen LogP contribution in [0.25, 0.3) is 11.3 Å². The van der Waals surface area contributed by atoms with Crippen LogP contribution >= 0.6 is 24.8 Å². The van der Waals surface area contributed by atoms with E-state index >= 15 is 0 Å². The van der Waals surface area contributed by atoms with Crippen molar-refractivity contribution in [1.82, 2.24) is 19.1 Å². The van der Waals surface area contributed by atoms with Gasteiger partial charge < -0.3 is 0 Å². The number of nitrogens with zero attached hydrogens (tertiary/aromatic N) is 4. The topological polar surface area (TPSA) is 56.8 Å². The Kier molecular flexibility index (Phi) is 10.6. The quantitative estimate of drug-likeness (QED) is 0.575. The molecule has 2 aliphatic heterocycles. The molecule has 33 heavy (non-hydrogen) atoms. The van der Waals surface area contributed by atoms with Crippen LogP contribution in [0.15, 0.2) is 47.5 Å². The van der Waals surface area contributed by atoms with Gasteiger partial charge in [0.05, 0.1) is 10.6 Å². The number of hydrogen-bond acceptors (Lipinski definition) is 5. The lowest BCUT2D eigenvalue weighted by Crippen LogP contribution is -2.48. The Labute approximate surface area is 211 Å². The van der Waals surface area contributed by atoms with E-state index in [2.05, 4.69) is 34.7 Å². The minimum atomic E-state index is -3.39. The van der Waals surface area contributed by atoms with Gasteiger partial charge >= 0.3 is 0 Å². The molecule has 0 radical (unpaired) electrons. The number of aromatic nitrogens is 1. The molecule has 0 spiro atoms. The fourth-order valence-electron chi connectivity index (χ4n) is 4.44. The molecule has 1 aromatic heterocycles. The average Bonchev–Trinajstić information content (AvgIpc) is 2.81. The van der Waals surface area contributed by atoms with E-state index in [1.54, 1.807) is 16.4 Å². The second kappa shape index (κ2) is 12.5. The molecular formula is C24H36Cl2N4O2S. The Bertz CT molecular complexity index is 955. The highest BCUT2D eigenvalue weighted by atomic mass is 35.5. The third kappa shape index (κ3) is 6.90. The molecule has 0 atom stereocenters. The largest absolute Gasteiger partial charge is 0.298 e. The van der Waals surface area contributed by atoms with Gasteiger partial charge in [0.15, 0.2) is 0 Å². The summed E-state index contributed by atoms with van der Waals surface area (Å²) in [5.41, 5.74) is 3.02. The minimum absolute atomic E-state index is 0. The van der Waals surface area contributed by atoms with E-state index in [9.17, 15) is 8.42 Å². The van der Waals surface area contributed by atoms with E-state index in [4.69, 9.17) is 0 Å². The van der Waals surface area contributed by atoms with Crippen LogP contribution in [0.3, 0.4) is 0 Å². The molecule has 9 heteroatoms. The minimum Gasteiger partial charge on any atom is -0.298 e. The number of sulfonamides is 1. The molecule has 0 unspecified atom stereocenters. The Balaban J connectivity index is 0.00000193. The predicted molar refractivity (Wildman–Crippen MR) is 139 cm³/mol. The highest BCUT2D eigenvalue weighted by Gasteiger charge is 2.25. The molecule has 1 aromatic carbocycles. The number of rotatable bonds is 6. The molecule has 2 saturated heterocycles. The van der Waals surface area contributed by atoms with Crippen molar-refractivity contribution < 1.29 is 8.42 Å². The number of piperazine rings is 1. The molecule has 0 aliphatic carbocycles. The van der Waals surface area contributed by atoms with Crippen molar-refractivity contribution in [3.63, 3.8) is 0 Å². The predicted octanol–water partition coefficient (Wildman–Crippen LogP) is 4.29. The molecule has 2 aliphatic rings. The molecule has 0 amide bonds. The van der Waals surface area contributed by atoms with Gasteiger partial charge in [-0.25, -0.2) is 8.42 Å². The zero-order valence-corrected chi connectivity index (χ0v) is 22.0. The molecule has 0 saturated carbocycles. The monoisotopic (exact) mass is 514 g/mol. The molecule has 0 bridgehead atoms. The second-order valence-electron chi connectivity index (χ2n) is 8.95. The summed E-state index contributed by atoms with van der Waals surface area (Å²) in [5.74, 6) is 0. The van der Waals surface area contributed by atoms with Crippen LogP contribution in [0.2, 0.25) is 0 Å². The van der Waals surface area contributed by atoms with Gasteiger partial charge in [-0.3, -0.25) is 14.8 Å². The van der Waals surface area contributed by atoms with Crippen LogP contribution in [0, 0.1) is 0 Å². The van der Waals surface area contributed by atoms with Crippen LogP contribution in [0.4, 0.5) is 0 Å². The van der Waals surface area contributed by atoms with E-state index in [1.807, 2.05) is 24.4 Å². The van der Waals surface area contributed by atoms with Gasteiger partial charge in [0.1, 0.15) is 0 Å². The summed E-state index contributed by atoms with van der Waals surface area (Å²) >= 11 is 0. The van der Waals surface area contributed by atoms with Crippen LogP contribution in [0.5, 0.6) is 0 Å². The number of hydrogen-bond donors (Lipinski definition) is 0. The van der Waals surface area contributed by atoms with Crippen LogP contribution < -0.4 is 0 Å². The van der Waals surface area contributed by atoms with Gasteiger partial charge in [0, 0.05) is 63.6 Å². The summed E-state index contributed by atoms with van der Waals surface area (Å²) in [5, 5.41) is 0. The molecular weight excluding hydrogens is 479 g/mol. The molecule has 6 nitrogen and oxygen atoms in total. The lowest BCUT2D eigenvalue weighted by Gasteiger charge is -2.36. The van der Waals surface area contributed by atoms with E-state index in [1.165, 1.54) is 5.56 Å². The van der Waals surface area contributed by atoms with Gasteiger partial charge in [-0.05, 0) is 50.5 Å². The van der Waals surface area contributed by atoms with Gasteiger partial charge in [0.2, 0.25) is 10.0 Å². The van der Waals surface area contributed by atoms with Crippen molar-refractivity contribution in [2.75, 3.05) is 39.3 Å². The Morgan fingerprint density at radius 3 is 2.03 bits per heavy atom. The SMILES string of the molecule is CC(C)N1CCN(Cc2ccc(-c3ccc(S(=O)(=O)N4CCCCC4)cc3)nc2)CC1.Cl.Cl. The zero-order valence-electron chi connectivity index (χ0n) is 19.5. The fourth-order valence-corrected chi connectivity index (χ4v) is 5.95. The first kappa shape index (κ1) is 28.0. The average molecular weight is 516 g/mol. The maximum atomic E-state index is 12.8. The van der Waals surface area contributed by atoms with Gasteiger partial charge in [-0.15, -0.1) is 24.8 Å². The van der Waals surface area contributed by atoms with E-state index < -0.39 is 10.0 Å². The summed E-state index contributed by atoms with van der Waals surface area (Å²) in [6.07, 6.45) is 4.95. The number of piperidine rings is 1. The lowest BCUT2D eigenvalue weighted by molar-refractivity contribution is 0.104. The molecule has 0 N–H and O–H groups in total. The summed E-state index contributed by atoms with van der Waals surface area (Å²) in [6, 6.07) is 11.9. The van der Waals surface area contributed by atoms with Crippen molar-refractivity contribution in [3.8, 4) is 11.3 Å². The van der Waals surface area contributed by atoms with Gasteiger partial charge in [0.25, 0.3) is 0 Å². The summed E-state index contributed by atoms with van der Waals surface area (Å²) in [4.78, 5) is 10.0. The molecule has 184 valence electrons. The number of benzene rings is 1. The first-order valence-corrected chi connectivity index (χ1v) is 12.9. The number of halogens is 2. The third-order valence-electron chi connectivity index (χ3n) is 6.47. The zero-order chi connectivity index (χ0) is 21.8. The van der Waals surface area contributed by atoms with E-state index in [0.717, 1.165) is 63.2 Å². The highest BCUT2D eigenvalue weighted by molar-refractivity contribution is 7.89. The van der Waals surface area contributed by atoms with Gasteiger partial charge in [-0.2, -0.15) is 4.31 Å². The van der Waals surface area contributed by atoms with Gasteiger partial charge in [-0.1, -0.05) is 24.6 Å². The first-order valence-electron chi connectivity index (χ1n) is 11.5. The van der Waals surface area contributed by atoms with Crippen LogP contribution in [-0.2, 0) is 16.6 Å². The van der Waals surface area contributed by atoms with Crippen molar-refractivity contribution >= 4 is 34.8 Å². The van der Waals surface area contributed by atoms with Crippen LogP contribution in [0.1, 0.15) is 38.7 Å². The highest BCUT2D eigenvalue weighted by Crippen LogP contribution is 2.24. The normalized spacial score (nSPS) is 18.5. The second-order valence-corrected chi connectivity index (χ2v) is 10.9. The standard InChI is InChI=1S/C24H34N4O2S.2ClH/c1-20(2)27-16-14-26(15-17-27)19-21-6-11-24(25-18-21)22-7-9-23(10-8-22)31(29,30)28-12-4-3-5-13-28;;/h6-11,18,20H,3-5,12-17,19H2,1-2H3;2*1H. The number of pyridine rings is 1. The lowest BCUT2D eigenvalue weighted by atomic mass is 10.1. The Morgan fingerprint density at radius 2 is 1.48 bits per heavy atom. The fraction of sp³-hybridized carbons (Fsp3) is 0.542. The maximum absolute atomic E-state index is 12.8. The maximum Gasteiger partial charge on any atom is 0.243 e.